The Morgan fingerprint density at radius 1 is 1.28 bits per heavy atom. The van der Waals surface area contributed by atoms with E-state index in [1.54, 1.807) is 6.92 Å². The Balaban J connectivity index is 2.20. The molecule has 0 radical (unpaired) electrons. The highest BCUT2D eigenvalue weighted by Gasteiger charge is 2.42. The van der Waals surface area contributed by atoms with Gasteiger partial charge in [0.15, 0.2) is 5.92 Å². The van der Waals surface area contributed by atoms with Gasteiger partial charge in [0, 0.05) is 26.1 Å². The molecule has 1 aliphatic heterocycles. The molecule has 0 N–H and O–H groups in total. The van der Waals surface area contributed by atoms with Gasteiger partial charge in [-0.05, 0) is 19.1 Å². The number of cyclic esters (lactones) is 2. The summed E-state index contributed by atoms with van der Waals surface area (Å²) in [6.07, 6.45) is 1.14. The topological polar surface area (TPSA) is 100 Å². The number of carbonyl (C=O) groups is 3. The van der Waals surface area contributed by atoms with Gasteiger partial charge in [-0.2, -0.15) is 0 Å². The van der Waals surface area contributed by atoms with Gasteiger partial charge in [-0.15, -0.1) is 0 Å². The first-order valence-corrected chi connectivity index (χ1v) is 7.62. The second-order valence-corrected chi connectivity index (χ2v) is 5.60. The number of rotatable bonds is 5. The third kappa shape index (κ3) is 4.34. The summed E-state index contributed by atoms with van der Waals surface area (Å²) in [6.45, 7) is 4.88. The zero-order valence-electron chi connectivity index (χ0n) is 14.4. The molecular formula is C17H19NO7. The summed E-state index contributed by atoms with van der Waals surface area (Å²) in [5.74, 6) is -4.26. The van der Waals surface area contributed by atoms with Gasteiger partial charge in [0.1, 0.15) is 11.3 Å². The Bertz CT molecular complexity index is 704. The van der Waals surface area contributed by atoms with Crippen LogP contribution in [-0.2, 0) is 23.8 Å². The Labute approximate surface area is 144 Å². The largest absolute Gasteiger partial charge is 0.496 e. The van der Waals surface area contributed by atoms with Gasteiger partial charge in [-0.25, -0.2) is 4.79 Å². The molecule has 0 bridgehead atoms. The number of ether oxygens (including phenoxy) is 4. The van der Waals surface area contributed by atoms with Crippen molar-refractivity contribution in [2.75, 3.05) is 13.7 Å². The summed E-state index contributed by atoms with van der Waals surface area (Å²) in [5, 5.41) is 0. The predicted molar refractivity (Wildman–Crippen MR) is 86.9 cm³/mol. The average Bonchev–Trinajstić information content (AvgIpc) is 2.52. The number of methoxy groups -OCH3 is 1. The number of esters is 3. The van der Waals surface area contributed by atoms with Crippen molar-refractivity contribution >= 4 is 29.8 Å². The van der Waals surface area contributed by atoms with Gasteiger partial charge in [0.05, 0.1) is 19.4 Å². The highest BCUT2D eigenvalue weighted by molar-refractivity contribution is 6.10. The van der Waals surface area contributed by atoms with Gasteiger partial charge in [0.25, 0.3) is 5.79 Å². The summed E-state index contributed by atoms with van der Waals surface area (Å²) in [4.78, 5) is 39.7. The van der Waals surface area contributed by atoms with Crippen LogP contribution in [0.2, 0.25) is 0 Å². The van der Waals surface area contributed by atoms with E-state index in [1.807, 2.05) is 0 Å². The van der Waals surface area contributed by atoms with Crippen LogP contribution in [0, 0.1) is 5.92 Å². The third-order valence-corrected chi connectivity index (χ3v) is 3.25. The van der Waals surface area contributed by atoms with Gasteiger partial charge >= 0.3 is 17.9 Å². The first-order chi connectivity index (χ1) is 11.8. The minimum Gasteiger partial charge on any atom is -0.496 e. The fraction of sp³-hybridized carbons (Fsp3) is 0.412. The molecule has 0 saturated carbocycles. The molecule has 1 aliphatic rings. The highest BCUT2D eigenvalue weighted by Crippen LogP contribution is 2.27. The van der Waals surface area contributed by atoms with E-state index in [1.165, 1.54) is 39.2 Å². The van der Waals surface area contributed by atoms with Crippen LogP contribution in [0.4, 0.5) is 5.69 Å². The molecule has 1 aromatic carbocycles. The molecule has 8 heteroatoms. The van der Waals surface area contributed by atoms with Crippen LogP contribution in [0.25, 0.3) is 0 Å². The number of benzene rings is 1. The first-order valence-electron chi connectivity index (χ1n) is 7.62. The monoisotopic (exact) mass is 349 g/mol. The smallest absolute Gasteiger partial charge is 0.341 e. The maximum Gasteiger partial charge on any atom is 0.341 e. The summed E-state index contributed by atoms with van der Waals surface area (Å²) in [6, 6.07) is 4.52. The van der Waals surface area contributed by atoms with Gasteiger partial charge < -0.3 is 18.9 Å². The molecule has 8 nitrogen and oxygen atoms in total. The summed E-state index contributed by atoms with van der Waals surface area (Å²) in [5.41, 5.74) is 0.636. The second kappa shape index (κ2) is 7.33. The molecule has 1 saturated heterocycles. The van der Waals surface area contributed by atoms with Crippen LogP contribution >= 0.6 is 0 Å². The molecule has 0 aliphatic carbocycles. The lowest BCUT2D eigenvalue weighted by Gasteiger charge is -2.31. The fourth-order valence-corrected chi connectivity index (χ4v) is 2.15. The van der Waals surface area contributed by atoms with E-state index in [-0.39, 0.29) is 17.9 Å². The molecule has 1 heterocycles. The quantitative estimate of drug-likeness (QED) is 0.455. The Kier molecular flexibility index (Phi) is 5.41. The van der Waals surface area contributed by atoms with E-state index in [2.05, 4.69) is 4.99 Å². The van der Waals surface area contributed by atoms with Crippen molar-refractivity contribution in [1.29, 1.82) is 0 Å². The number of hydrogen-bond acceptors (Lipinski definition) is 8. The Hall–Kier alpha value is -2.90. The van der Waals surface area contributed by atoms with Gasteiger partial charge in [-0.1, -0.05) is 0 Å². The number of hydrogen-bond donors (Lipinski definition) is 0. The zero-order chi connectivity index (χ0) is 18.6. The van der Waals surface area contributed by atoms with E-state index in [4.69, 9.17) is 18.9 Å². The maximum absolute atomic E-state index is 11.9. The minimum absolute atomic E-state index is 0.240. The Morgan fingerprint density at radius 2 is 1.92 bits per heavy atom. The molecule has 1 fully saturated rings. The van der Waals surface area contributed by atoms with Crippen LogP contribution in [0.3, 0.4) is 0 Å². The van der Waals surface area contributed by atoms with Crippen LogP contribution < -0.4 is 4.74 Å². The summed E-state index contributed by atoms with van der Waals surface area (Å²) < 4.78 is 20.1. The lowest BCUT2D eigenvalue weighted by Crippen LogP contribution is -2.46. The first kappa shape index (κ1) is 18.4. The van der Waals surface area contributed by atoms with Crippen molar-refractivity contribution in [2.24, 2.45) is 10.9 Å². The maximum atomic E-state index is 11.9. The lowest BCUT2D eigenvalue weighted by atomic mass is 10.1. The van der Waals surface area contributed by atoms with Crippen molar-refractivity contribution in [3.8, 4) is 5.75 Å². The lowest BCUT2D eigenvalue weighted by molar-refractivity contribution is -0.235. The van der Waals surface area contributed by atoms with Crippen LogP contribution in [-0.4, -0.2) is 43.6 Å². The number of nitrogens with zero attached hydrogens (tertiary/aromatic N) is 1. The number of carbonyl (C=O) groups excluding carboxylic acids is 3. The molecule has 0 spiro atoms. The normalized spacial score (nSPS) is 17.1. The predicted octanol–water partition coefficient (Wildman–Crippen LogP) is 2.03. The molecule has 2 rings (SSSR count). The van der Waals surface area contributed by atoms with Crippen LogP contribution in [0.15, 0.2) is 23.2 Å². The fourth-order valence-electron chi connectivity index (χ4n) is 2.15. The van der Waals surface area contributed by atoms with E-state index in [0.717, 1.165) is 6.21 Å². The molecule has 0 atom stereocenters. The molecule has 134 valence electrons. The second-order valence-electron chi connectivity index (χ2n) is 5.60. The van der Waals surface area contributed by atoms with Crippen molar-refractivity contribution in [3.05, 3.63) is 23.8 Å². The van der Waals surface area contributed by atoms with Gasteiger partial charge in [-0.3, -0.25) is 14.6 Å². The minimum atomic E-state index is -1.29. The highest BCUT2D eigenvalue weighted by atomic mass is 16.7. The van der Waals surface area contributed by atoms with Crippen molar-refractivity contribution in [2.45, 2.75) is 26.6 Å². The third-order valence-electron chi connectivity index (χ3n) is 3.25. The molecule has 0 amide bonds. The van der Waals surface area contributed by atoms with E-state index in [0.29, 0.717) is 5.69 Å². The van der Waals surface area contributed by atoms with Crippen molar-refractivity contribution in [1.82, 2.24) is 0 Å². The molecular weight excluding hydrogens is 330 g/mol. The average molecular weight is 349 g/mol. The SMILES string of the molecule is CCOC(=O)c1ccc(N=CC2C(=O)OC(C)(C)OC2=O)cc1OC. The van der Waals surface area contributed by atoms with E-state index < -0.39 is 29.6 Å². The Morgan fingerprint density at radius 3 is 2.48 bits per heavy atom. The van der Waals surface area contributed by atoms with Crippen molar-refractivity contribution in [3.63, 3.8) is 0 Å². The van der Waals surface area contributed by atoms with E-state index >= 15 is 0 Å². The van der Waals surface area contributed by atoms with Gasteiger partial charge in [0.2, 0.25) is 0 Å². The molecule has 0 unspecified atom stereocenters. The standard InChI is InChI=1S/C17H19NO7/c1-5-23-14(19)11-7-6-10(8-13(11)22-4)18-9-12-15(20)24-17(2,3)25-16(12)21/h6-9,12H,5H2,1-4H3. The molecule has 25 heavy (non-hydrogen) atoms. The van der Waals surface area contributed by atoms with Crippen LogP contribution in [0.1, 0.15) is 31.1 Å². The summed E-state index contributed by atoms with van der Waals surface area (Å²) in [7, 11) is 1.41. The number of aliphatic imine (C=N–C) groups is 1. The summed E-state index contributed by atoms with van der Waals surface area (Å²) >= 11 is 0. The molecule has 1 aromatic rings. The van der Waals surface area contributed by atoms with E-state index in [9.17, 15) is 14.4 Å². The van der Waals surface area contributed by atoms with Crippen molar-refractivity contribution < 1.29 is 33.3 Å². The molecule has 0 aromatic heterocycles. The van der Waals surface area contributed by atoms with Crippen LogP contribution in [0.5, 0.6) is 5.75 Å². The zero-order valence-corrected chi connectivity index (χ0v) is 14.4.